The topological polar surface area (TPSA) is 43.4 Å². The number of hydrogen-bond donors (Lipinski definition) is 0. The molecule has 0 N–H and O–H groups in total. The molecule has 35 heavy (non-hydrogen) atoms. The first kappa shape index (κ1) is 32.7. The van der Waals surface area contributed by atoms with Crippen LogP contribution >= 0.6 is 15.8 Å². The molecule has 0 spiro atoms. The Morgan fingerprint density at radius 3 is 1.11 bits per heavy atom. The summed E-state index contributed by atoms with van der Waals surface area (Å²) in [5.41, 5.74) is 2.17. The van der Waals surface area contributed by atoms with Gasteiger partial charge in [-0.2, -0.15) is 0 Å². The zero-order chi connectivity index (χ0) is 25.5. The number of carbonyl (C=O) groups excluding carboxylic acids is 2. The van der Waals surface area contributed by atoms with E-state index < -0.39 is 23.1 Å². The fourth-order valence-electron chi connectivity index (χ4n) is 4.96. The van der Waals surface area contributed by atoms with Gasteiger partial charge >= 0.3 is 19.2 Å². The van der Waals surface area contributed by atoms with E-state index in [1.165, 1.54) is 51.4 Å². The van der Waals surface area contributed by atoms with Crippen molar-refractivity contribution in [3.05, 3.63) is 34.9 Å². The molecule has 4 rings (SSSR count). The van der Waals surface area contributed by atoms with Gasteiger partial charge in [-0.3, -0.25) is 0 Å². The molecule has 1 aliphatic carbocycles. The Bertz CT molecular complexity index is 723. The van der Waals surface area contributed by atoms with E-state index in [0.717, 1.165) is 10.6 Å². The molecule has 4 aliphatic rings. The number of carbonyl (C=O) groups is 2. The normalized spacial score (nSPS) is 31.3. The van der Waals surface area contributed by atoms with Crippen molar-refractivity contribution in [1.82, 2.24) is 0 Å². The van der Waals surface area contributed by atoms with Crippen LogP contribution in [0.15, 0.2) is 34.9 Å². The molecule has 3 nitrogen and oxygen atoms in total. The molecule has 0 aromatic rings. The zero-order valence-electron chi connectivity index (χ0n) is 20.8. The monoisotopic (exact) mass is 624 g/mol. The van der Waals surface area contributed by atoms with Crippen molar-refractivity contribution < 1.29 is 51.1 Å². The third-order valence-corrected chi connectivity index (χ3v) is 13.4. The summed E-state index contributed by atoms with van der Waals surface area (Å²) in [6.45, 7) is 8.96. The Hall–Kier alpha value is -0.372. The van der Waals surface area contributed by atoms with Crippen LogP contribution in [-0.2, 0) is 33.8 Å². The molecule has 2 saturated heterocycles. The van der Waals surface area contributed by atoms with Crippen LogP contribution in [0.1, 0.15) is 79.1 Å². The summed E-state index contributed by atoms with van der Waals surface area (Å²) in [6, 6.07) is 0. The van der Waals surface area contributed by atoms with Crippen molar-refractivity contribution in [2.75, 3.05) is 0 Å². The Labute approximate surface area is 222 Å². The van der Waals surface area contributed by atoms with Gasteiger partial charge in [-0.1, -0.05) is 67.8 Å². The summed E-state index contributed by atoms with van der Waals surface area (Å²) in [7, 11) is -7.06. The van der Waals surface area contributed by atoms with E-state index in [4.69, 9.17) is 4.74 Å². The summed E-state index contributed by atoms with van der Waals surface area (Å²) in [5, 5.41) is 1.67. The molecule has 1 radical (unpaired) electrons. The number of halogens is 4. The second kappa shape index (κ2) is 15.1. The third kappa shape index (κ3) is 10.1. The smallest absolute Gasteiger partial charge is 0.418 e. The average Bonchev–Trinajstić information content (AvgIpc) is 3.28. The van der Waals surface area contributed by atoms with Crippen molar-refractivity contribution in [3.8, 4) is 0 Å². The number of cyclic esters (lactones) is 2. The van der Waals surface area contributed by atoms with Crippen molar-refractivity contribution in [2.24, 2.45) is 0 Å². The number of hydrogen-bond acceptors (Lipinski definition) is 3. The fraction of sp³-hybridized carbons (Fsp3) is 0.667. The Morgan fingerprint density at radius 1 is 0.657 bits per heavy atom. The first-order valence-corrected chi connectivity index (χ1v) is 15.1. The van der Waals surface area contributed by atoms with Gasteiger partial charge in [-0.25, -0.2) is 9.59 Å². The van der Waals surface area contributed by atoms with Crippen LogP contribution in [0.3, 0.4) is 0 Å². The quantitative estimate of drug-likeness (QED) is 0.0775. The van der Waals surface area contributed by atoms with Crippen LogP contribution in [0.25, 0.3) is 0 Å². The minimum Gasteiger partial charge on any atom is -0.418 e. The van der Waals surface area contributed by atoms with Crippen molar-refractivity contribution in [1.29, 1.82) is 0 Å². The van der Waals surface area contributed by atoms with E-state index in [2.05, 4.69) is 52.0 Å². The molecule has 11 heteroatoms. The SMILES string of the molecule is C1=C\CC/C=C\CC/1.C[C@@H]1CC[C@@H](C)P1C1=C(P2[C@H](C)CC[C@H]2C)C(=O)OC1=O.F[B-](F)(F)F.[Rh]. The Kier molecular flexibility index (Phi) is 14.1. The number of ether oxygens (including phenoxy) is 1. The molecule has 201 valence electrons. The first-order valence-electron chi connectivity index (χ1n) is 12.2. The second-order valence-corrected chi connectivity index (χ2v) is 15.4. The summed E-state index contributed by atoms with van der Waals surface area (Å²) in [4.78, 5) is 24.7. The third-order valence-electron chi connectivity index (χ3n) is 6.55. The van der Waals surface area contributed by atoms with Gasteiger partial charge in [-0.15, -0.1) is 0 Å². The molecule has 2 fully saturated rings. The van der Waals surface area contributed by atoms with Gasteiger partial charge in [0.15, 0.2) is 0 Å². The molecular weight excluding hydrogens is 588 g/mol. The van der Waals surface area contributed by atoms with Gasteiger partial charge in [-0.05, 0) is 74.0 Å². The standard InChI is InChI=1S/C16H24O3P2.C8H12.BF4.Rh/c1-9-5-6-10(2)20(9)13-14(16(18)19-15(13)17)21-11(3)7-8-12(21)4;1-2-4-6-8-7-5-3-1;2-1(3,4)5;/h9-12H,5-8H2,1-4H3;1-2,7-8H,3-6H2;;/q;;-1;/b;2-1-,8-7-;;/t9-,10-,11-,12-;;;/m1.../s1. The van der Waals surface area contributed by atoms with E-state index in [0.29, 0.717) is 22.6 Å². The van der Waals surface area contributed by atoms with E-state index in [-0.39, 0.29) is 31.4 Å². The molecule has 3 aliphatic heterocycles. The summed E-state index contributed by atoms with van der Waals surface area (Å²) in [6.07, 6.45) is 18.7. The van der Waals surface area contributed by atoms with Crippen molar-refractivity contribution in [2.45, 2.75) is 102 Å². The maximum absolute atomic E-state index is 12.4. The fourth-order valence-corrected chi connectivity index (χ4v) is 12.0. The van der Waals surface area contributed by atoms with Crippen LogP contribution in [0.5, 0.6) is 0 Å². The summed E-state index contributed by atoms with van der Waals surface area (Å²) < 4.78 is 44.1. The Balaban J connectivity index is 0.000000363. The zero-order valence-corrected chi connectivity index (χ0v) is 24.2. The van der Waals surface area contributed by atoms with E-state index in [1.54, 1.807) is 0 Å². The van der Waals surface area contributed by atoms with Gasteiger partial charge in [0.1, 0.15) is 0 Å². The summed E-state index contributed by atoms with van der Waals surface area (Å²) in [5.74, 6) is -0.619. The predicted octanol–water partition coefficient (Wildman–Crippen LogP) is 8.36. The largest absolute Gasteiger partial charge is 0.673 e. The van der Waals surface area contributed by atoms with E-state index in [1.807, 2.05) is 0 Å². The average molecular weight is 624 g/mol. The van der Waals surface area contributed by atoms with Gasteiger partial charge in [0.05, 0.1) is 10.6 Å². The Morgan fingerprint density at radius 2 is 0.886 bits per heavy atom. The molecule has 3 heterocycles. The van der Waals surface area contributed by atoms with Crippen molar-refractivity contribution >= 4 is 35.0 Å². The first-order chi connectivity index (χ1) is 15.9. The molecule has 4 atom stereocenters. The van der Waals surface area contributed by atoms with Gasteiger partial charge in [0, 0.05) is 19.5 Å². The predicted molar refractivity (Wildman–Crippen MR) is 135 cm³/mol. The van der Waals surface area contributed by atoms with Gasteiger partial charge in [0.2, 0.25) is 0 Å². The maximum atomic E-state index is 12.4. The molecule has 0 amide bonds. The molecule has 0 aromatic heterocycles. The molecule has 0 saturated carbocycles. The maximum Gasteiger partial charge on any atom is 0.673 e. The number of allylic oxidation sites excluding steroid dienone is 4. The van der Waals surface area contributed by atoms with E-state index >= 15 is 0 Å². The molecule has 0 unspecified atom stereocenters. The van der Waals surface area contributed by atoms with Crippen molar-refractivity contribution in [3.63, 3.8) is 0 Å². The number of rotatable bonds is 2. The molecule has 0 bridgehead atoms. The van der Waals surface area contributed by atoms with Crippen LogP contribution in [0.2, 0.25) is 0 Å². The number of esters is 2. The van der Waals surface area contributed by atoms with Gasteiger partial charge < -0.3 is 22.0 Å². The molecular formula is C24H36BF4O3P2Rh-. The van der Waals surface area contributed by atoms with Gasteiger partial charge in [0.25, 0.3) is 0 Å². The van der Waals surface area contributed by atoms with E-state index in [9.17, 15) is 26.9 Å². The second-order valence-electron chi connectivity index (χ2n) is 9.33. The van der Waals surface area contributed by atoms with Crippen LogP contribution in [0.4, 0.5) is 17.3 Å². The van der Waals surface area contributed by atoms with Crippen LogP contribution < -0.4 is 0 Å². The summed E-state index contributed by atoms with van der Waals surface area (Å²) >= 11 is 0. The minimum atomic E-state index is -6.00. The van der Waals surface area contributed by atoms with Crippen LogP contribution in [0, 0.1) is 0 Å². The molecule has 0 aromatic carbocycles. The van der Waals surface area contributed by atoms with Crippen LogP contribution in [-0.4, -0.2) is 41.8 Å². The minimum absolute atomic E-state index is 0.